The van der Waals surface area contributed by atoms with Crippen LogP contribution in [-0.2, 0) is 0 Å². The maximum absolute atomic E-state index is 5.49. The van der Waals surface area contributed by atoms with Crippen LogP contribution in [-0.4, -0.2) is 27.2 Å². The van der Waals surface area contributed by atoms with Gasteiger partial charge in [0.1, 0.15) is 0 Å². The van der Waals surface area contributed by atoms with E-state index < -0.39 is 0 Å². The van der Waals surface area contributed by atoms with Crippen LogP contribution in [0.25, 0.3) is 10.8 Å². The summed E-state index contributed by atoms with van der Waals surface area (Å²) in [5.74, 6) is 0. The van der Waals surface area contributed by atoms with Gasteiger partial charge in [0.15, 0.2) is 0 Å². The predicted octanol–water partition coefficient (Wildman–Crippen LogP) is 2.46. The lowest BCUT2D eigenvalue weighted by molar-refractivity contribution is 0.917. The molecular formula is C14H19N3S. The zero-order chi connectivity index (χ0) is 13.0. The van der Waals surface area contributed by atoms with Crippen molar-refractivity contribution in [3.05, 3.63) is 36.4 Å². The summed E-state index contributed by atoms with van der Waals surface area (Å²) in [6.45, 7) is 1.47. The van der Waals surface area contributed by atoms with E-state index in [0.29, 0.717) is 6.54 Å². The number of hydrogen-bond acceptors (Lipinski definition) is 4. The smallest absolute Gasteiger partial charge is 0.0441 e. The highest BCUT2D eigenvalue weighted by Gasteiger charge is 2.06. The van der Waals surface area contributed by atoms with E-state index in [0.717, 1.165) is 6.54 Å². The molecule has 0 saturated carbocycles. The van der Waals surface area contributed by atoms with Gasteiger partial charge < -0.3 is 10.6 Å². The van der Waals surface area contributed by atoms with Crippen LogP contribution in [0.15, 0.2) is 41.3 Å². The molecule has 3 nitrogen and oxygen atoms in total. The van der Waals surface area contributed by atoms with E-state index in [-0.39, 0.29) is 0 Å². The number of nitrogens with two attached hydrogens (primary N) is 1. The average molecular weight is 261 g/mol. The van der Waals surface area contributed by atoms with Gasteiger partial charge in [0, 0.05) is 43.2 Å². The lowest BCUT2D eigenvalue weighted by atomic mass is 10.1. The van der Waals surface area contributed by atoms with Gasteiger partial charge in [-0.3, -0.25) is 4.72 Å². The van der Waals surface area contributed by atoms with Gasteiger partial charge in [0.2, 0.25) is 0 Å². The number of hydrogen-bond donors (Lipinski definition) is 2. The van der Waals surface area contributed by atoms with Crippen LogP contribution >= 0.6 is 11.9 Å². The molecule has 0 spiro atoms. The van der Waals surface area contributed by atoms with Crippen molar-refractivity contribution in [1.82, 2.24) is 4.72 Å². The van der Waals surface area contributed by atoms with E-state index in [1.165, 1.54) is 21.4 Å². The fourth-order valence-corrected chi connectivity index (χ4v) is 2.74. The fraction of sp³-hybridized carbons (Fsp3) is 0.286. The van der Waals surface area contributed by atoms with Crippen LogP contribution in [0.4, 0.5) is 5.69 Å². The second kappa shape index (κ2) is 6.09. The van der Waals surface area contributed by atoms with E-state index in [1.54, 1.807) is 11.9 Å². The van der Waals surface area contributed by atoms with Crippen LogP contribution in [0.5, 0.6) is 0 Å². The molecule has 0 saturated heterocycles. The van der Waals surface area contributed by atoms with Crippen molar-refractivity contribution in [1.29, 1.82) is 0 Å². The maximum Gasteiger partial charge on any atom is 0.0441 e. The molecule has 18 heavy (non-hydrogen) atoms. The standard InChI is InChI=1S/C14H19N3S/c1-17(2)13-7-3-6-12-11(13)5-4-8-14(12)18-16-10-9-15/h3-8,16H,9-10,15H2,1-2H3. The zero-order valence-electron chi connectivity index (χ0n) is 10.8. The molecule has 0 fully saturated rings. The Bertz CT molecular complexity index is 525. The summed E-state index contributed by atoms with van der Waals surface area (Å²) >= 11 is 1.65. The Labute approximate surface area is 112 Å². The van der Waals surface area contributed by atoms with Crippen molar-refractivity contribution in [3.63, 3.8) is 0 Å². The molecule has 0 aliphatic heterocycles. The predicted molar refractivity (Wildman–Crippen MR) is 81.2 cm³/mol. The van der Waals surface area contributed by atoms with Gasteiger partial charge in [-0.15, -0.1) is 0 Å². The summed E-state index contributed by atoms with van der Waals surface area (Å²) in [6, 6.07) is 12.8. The van der Waals surface area contributed by atoms with Gasteiger partial charge in [-0.1, -0.05) is 24.3 Å². The van der Waals surface area contributed by atoms with Gasteiger partial charge in [-0.05, 0) is 29.5 Å². The summed E-state index contributed by atoms with van der Waals surface area (Å²) < 4.78 is 3.27. The summed E-state index contributed by atoms with van der Waals surface area (Å²) in [7, 11) is 4.14. The maximum atomic E-state index is 5.49. The Morgan fingerprint density at radius 3 is 2.56 bits per heavy atom. The Kier molecular flexibility index (Phi) is 4.47. The SMILES string of the molecule is CN(C)c1cccc2c(SNCCN)cccc12. The van der Waals surface area contributed by atoms with Crippen molar-refractivity contribution < 1.29 is 0 Å². The number of rotatable bonds is 5. The molecule has 2 aromatic carbocycles. The topological polar surface area (TPSA) is 41.3 Å². The van der Waals surface area contributed by atoms with Crippen LogP contribution in [0.2, 0.25) is 0 Å². The molecule has 3 N–H and O–H groups in total. The van der Waals surface area contributed by atoms with Crippen LogP contribution in [0, 0.1) is 0 Å². The first-order chi connectivity index (χ1) is 8.74. The van der Waals surface area contributed by atoms with E-state index in [2.05, 4.69) is 60.1 Å². The van der Waals surface area contributed by atoms with Crippen LogP contribution in [0.3, 0.4) is 0 Å². The normalized spacial score (nSPS) is 10.8. The molecule has 4 heteroatoms. The Morgan fingerprint density at radius 2 is 1.83 bits per heavy atom. The highest BCUT2D eigenvalue weighted by atomic mass is 32.2. The lowest BCUT2D eigenvalue weighted by Gasteiger charge is -2.16. The summed E-state index contributed by atoms with van der Waals surface area (Å²) in [5.41, 5.74) is 6.73. The molecule has 0 atom stereocenters. The van der Waals surface area contributed by atoms with Crippen LogP contribution < -0.4 is 15.4 Å². The molecule has 0 radical (unpaired) electrons. The summed E-state index contributed by atoms with van der Waals surface area (Å²) in [6.07, 6.45) is 0. The van der Waals surface area contributed by atoms with E-state index in [9.17, 15) is 0 Å². The monoisotopic (exact) mass is 261 g/mol. The average Bonchev–Trinajstić information content (AvgIpc) is 2.38. The molecule has 0 bridgehead atoms. The second-order valence-electron chi connectivity index (χ2n) is 4.31. The molecule has 0 aliphatic carbocycles. The Hall–Kier alpha value is -1.23. The molecule has 0 aliphatic rings. The third-order valence-corrected chi connectivity index (χ3v) is 3.69. The molecule has 96 valence electrons. The minimum Gasteiger partial charge on any atom is -0.377 e. The molecule has 2 rings (SSSR count). The minimum absolute atomic E-state index is 0.653. The van der Waals surface area contributed by atoms with Gasteiger partial charge in [0.05, 0.1) is 0 Å². The lowest BCUT2D eigenvalue weighted by Crippen LogP contribution is -2.15. The summed E-state index contributed by atoms with van der Waals surface area (Å²) in [5, 5.41) is 2.56. The highest BCUT2D eigenvalue weighted by Crippen LogP contribution is 2.31. The van der Waals surface area contributed by atoms with E-state index in [4.69, 9.17) is 5.73 Å². The number of nitrogens with zero attached hydrogens (tertiary/aromatic N) is 1. The van der Waals surface area contributed by atoms with Crippen molar-refractivity contribution in [2.45, 2.75) is 4.90 Å². The number of nitrogens with one attached hydrogen (secondary N) is 1. The van der Waals surface area contributed by atoms with Gasteiger partial charge in [-0.2, -0.15) is 0 Å². The van der Waals surface area contributed by atoms with Crippen molar-refractivity contribution >= 4 is 28.4 Å². The number of anilines is 1. The van der Waals surface area contributed by atoms with Crippen molar-refractivity contribution in [2.75, 3.05) is 32.1 Å². The van der Waals surface area contributed by atoms with E-state index in [1.807, 2.05) is 0 Å². The van der Waals surface area contributed by atoms with E-state index >= 15 is 0 Å². The van der Waals surface area contributed by atoms with Crippen LogP contribution in [0.1, 0.15) is 0 Å². The van der Waals surface area contributed by atoms with Gasteiger partial charge >= 0.3 is 0 Å². The molecular weight excluding hydrogens is 242 g/mol. The van der Waals surface area contributed by atoms with Crippen molar-refractivity contribution in [2.24, 2.45) is 5.73 Å². The third kappa shape index (κ3) is 2.77. The van der Waals surface area contributed by atoms with Crippen molar-refractivity contribution in [3.8, 4) is 0 Å². The highest BCUT2D eigenvalue weighted by molar-refractivity contribution is 7.97. The first kappa shape index (κ1) is 13.2. The molecule has 0 heterocycles. The summed E-state index contributed by atoms with van der Waals surface area (Å²) in [4.78, 5) is 3.38. The Balaban J connectivity index is 2.40. The molecule has 0 amide bonds. The number of fused-ring (bicyclic) bond motifs is 1. The fourth-order valence-electron chi connectivity index (χ4n) is 1.93. The molecule has 2 aromatic rings. The van der Waals surface area contributed by atoms with Gasteiger partial charge in [0.25, 0.3) is 0 Å². The quantitative estimate of drug-likeness (QED) is 0.641. The second-order valence-corrected chi connectivity index (χ2v) is 5.24. The number of benzene rings is 2. The molecule has 0 aromatic heterocycles. The Morgan fingerprint density at radius 1 is 1.11 bits per heavy atom. The first-order valence-corrected chi connectivity index (χ1v) is 6.84. The zero-order valence-corrected chi connectivity index (χ0v) is 11.6. The third-order valence-electron chi connectivity index (χ3n) is 2.77. The molecule has 0 unspecified atom stereocenters. The van der Waals surface area contributed by atoms with Gasteiger partial charge in [-0.25, -0.2) is 0 Å². The first-order valence-electron chi connectivity index (χ1n) is 6.03. The minimum atomic E-state index is 0.653. The largest absolute Gasteiger partial charge is 0.377 e.